The fraction of sp³-hybridized carbons (Fsp3) is 0. The van der Waals surface area contributed by atoms with E-state index in [1.54, 1.807) is 0 Å². The Hall–Kier alpha value is -2.48. The zero-order valence-electron chi connectivity index (χ0n) is 12.3. The number of aromatic amines is 1. The fourth-order valence-corrected chi connectivity index (χ4v) is 3.18. The van der Waals surface area contributed by atoms with Crippen molar-refractivity contribution in [2.45, 2.75) is 0 Å². The normalized spacial score (nSPS) is 10.7. The van der Waals surface area contributed by atoms with Gasteiger partial charge in [0.05, 0.1) is 15.0 Å². The van der Waals surface area contributed by atoms with Gasteiger partial charge in [-0.15, -0.1) is 0 Å². The molecule has 3 rings (SSSR count). The van der Waals surface area contributed by atoms with Gasteiger partial charge in [-0.05, 0) is 24.3 Å². The van der Waals surface area contributed by atoms with Crippen LogP contribution in [0.2, 0.25) is 15.1 Å². The molecule has 1 heterocycles. The van der Waals surface area contributed by atoms with Gasteiger partial charge in [-0.3, -0.25) is 20.0 Å². The van der Waals surface area contributed by atoms with Gasteiger partial charge in [-0.2, -0.15) is 0 Å². The van der Waals surface area contributed by atoms with Crippen LogP contribution in [0, 0.1) is 10.1 Å². The summed E-state index contributed by atoms with van der Waals surface area (Å²) in [5, 5.41) is 17.2. The highest BCUT2D eigenvalue weighted by Crippen LogP contribution is 2.31. The largest absolute Gasteiger partial charge is 0.341 e. The van der Waals surface area contributed by atoms with Crippen LogP contribution in [0.4, 0.5) is 17.2 Å². The summed E-state index contributed by atoms with van der Waals surface area (Å²) in [5.41, 5.74) is 0.411. The molecule has 0 aliphatic heterocycles. The van der Waals surface area contributed by atoms with Crippen molar-refractivity contribution >= 4 is 52.0 Å². The number of nitrogens with zero attached hydrogens (tertiary/aromatic N) is 2. The number of benzene rings is 2. The number of nitro benzene ring substituents is 1. The quantitative estimate of drug-likeness (QED) is 0.488. The summed E-state index contributed by atoms with van der Waals surface area (Å²) < 4.78 is 1.18. The second-order valence-electron chi connectivity index (χ2n) is 4.99. The maximum atomic E-state index is 12.2. The SMILES string of the molecule is O=c1cc(Nc2ccc([N+](=O)[O-])cc2)[nH]n1-c1c(Cl)cc(Cl)cc1Cl. The number of nitrogens with one attached hydrogen (secondary N) is 2. The van der Waals surface area contributed by atoms with E-state index in [0.29, 0.717) is 16.5 Å². The first-order valence-electron chi connectivity index (χ1n) is 6.83. The summed E-state index contributed by atoms with van der Waals surface area (Å²) in [7, 11) is 0. The lowest BCUT2D eigenvalue weighted by atomic mass is 10.3. The van der Waals surface area contributed by atoms with Crippen LogP contribution in [-0.4, -0.2) is 14.7 Å². The van der Waals surface area contributed by atoms with Crippen LogP contribution in [-0.2, 0) is 0 Å². The Morgan fingerprint density at radius 2 is 1.64 bits per heavy atom. The molecule has 0 bridgehead atoms. The minimum atomic E-state index is -0.493. The number of nitro groups is 1. The minimum absolute atomic E-state index is 0.0312. The van der Waals surface area contributed by atoms with Gasteiger partial charge < -0.3 is 5.32 Å². The number of halogens is 3. The highest BCUT2D eigenvalue weighted by molar-refractivity contribution is 6.40. The van der Waals surface area contributed by atoms with Gasteiger partial charge in [0.1, 0.15) is 11.5 Å². The summed E-state index contributed by atoms with van der Waals surface area (Å²) in [6.45, 7) is 0. The average molecular weight is 400 g/mol. The Labute approximate surface area is 155 Å². The van der Waals surface area contributed by atoms with Crippen LogP contribution in [0.5, 0.6) is 0 Å². The van der Waals surface area contributed by atoms with Gasteiger partial charge in [0, 0.05) is 28.9 Å². The minimum Gasteiger partial charge on any atom is -0.341 e. The van der Waals surface area contributed by atoms with Crippen molar-refractivity contribution in [1.82, 2.24) is 9.78 Å². The van der Waals surface area contributed by atoms with Crippen LogP contribution in [0.25, 0.3) is 5.69 Å². The van der Waals surface area contributed by atoms with Crippen molar-refractivity contribution < 1.29 is 4.92 Å². The zero-order chi connectivity index (χ0) is 18.1. The highest BCUT2D eigenvalue weighted by atomic mass is 35.5. The summed E-state index contributed by atoms with van der Waals surface area (Å²) >= 11 is 18.1. The molecule has 3 aromatic rings. The van der Waals surface area contributed by atoms with Gasteiger partial charge in [-0.1, -0.05) is 34.8 Å². The van der Waals surface area contributed by atoms with E-state index in [9.17, 15) is 14.9 Å². The van der Waals surface area contributed by atoms with Crippen molar-refractivity contribution in [2.24, 2.45) is 0 Å². The molecule has 0 radical (unpaired) electrons. The second-order valence-corrected chi connectivity index (χ2v) is 6.24. The van der Waals surface area contributed by atoms with Gasteiger partial charge in [-0.25, -0.2) is 4.68 Å². The van der Waals surface area contributed by atoms with E-state index in [-0.39, 0.29) is 21.4 Å². The maximum absolute atomic E-state index is 12.2. The molecule has 0 atom stereocenters. The summed E-state index contributed by atoms with van der Waals surface area (Å²) in [6.07, 6.45) is 0. The van der Waals surface area contributed by atoms with E-state index in [2.05, 4.69) is 10.4 Å². The number of hydrogen-bond donors (Lipinski definition) is 2. The first-order chi connectivity index (χ1) is 11.8. The van der Waals surface area contributed by atoms with E-state index in [0.717, 1.165) is 0 Å². The molecule has 2 aromatic carbocycles. The first kappa shape index (κ1) is 17.3. The Morgan fingerprint density at radius 3 is 2.20 bits per heavy atom. The lowest BCUT2D eigenvalue weighted by Gasteiger charge is -2.08. The van der Waals surface area contributed by atoms with E-state index in [1.807, 2.05) is 0 Å². The lowest BCUT2D eigenvalue weighted by Crippen LogP contribution is -2.14. The number of rotatable bonds is 4. The third-order valence-corrected chi connectivity index (χ3v) is 4.08. The predicted molar refractivity (Wildman–Crippen MR) is 97.8 cm³/mol. The topological polar surface area (TPSA) is 93.0 Å². The summed E-state index contributed by atoms with van der Waals surface area (Å²) in [6, 6.07) is 10.0. The number of H-pyrrole nitrogens is 1. The van der Waals surface area contributed by atoms with Gasteiger partial charge >= 0.3 is 0 Å². The molecule has 0 aliphatic carbocycles. The molecule has 0 saturated heterocycles. The zero-order valence-corrected chi connectivity index (χ0v) is 14.6. The number of non-ortho nitro benzene ring substituents is 1. The highest BCUT2D eigenvalue weighted by Gasteiger charge is 2.14. The van der Waals surface area contributed by atoms with Crippen LogP contribution in [0.1, 0.15) is 0 Å². The van der Waals surface area contributed by atoms with Crippen molar-refractivity contribution in [3.8, 4) is 5.69 Å². The lowest BCUT2D eigenvalue weighted by molar-refractivity contribution is -0.384. The molecule has 2 N–H and O–H groups in total. The van der Waals surface area contributed by atoms with Crippen LogP contribution in [0.3, 0.4) is 0 Å². The molecule has 0 unspecified atom stereocenters. The number of hydrogen-bond acceptors (Lipinski definition) is 4. The standard InChI is InChI=1S/C15H9Cl3N4O3/c16-8-5-11(17)15(12(18)6-8)21-14(23)7-13(20-21)19-9-1-3-10(4-2-9)22(24)25/h1-7,19-20H. The van der Waals surface area contributed by atoms with Gasteiger partial charge in [0.15, 0.2) is 0 Å². The molecule has 25 heavy (non-hydrogen) atoms. The molecule has 128 valence electrons. The van der Waals surface area contributed by atoms with Crippen molar-refractivity contribution in [3.63, 3.8) is 0 Å². The van der Waals surface area contributed by atoms with E-state index >= 15 is 0 Å². The number of anilines is 2. The van der Waals surface area contributed by atoms with Crippen molar-refractivity contribution in [1.29, 1.82) is 0 Å². The predicted octanol–water partition coefficient (Wildman–Crippen LogP) is 4.78. The Bertz CT molecular complexity index is 989. The molecule has 10 heteroatoms. The number of aromatic nitrogens is 2. The average Bonchev–Trinajstić information content (AvgIpc) is 2.87. The smallest absolute Gasteiger partial charge is 0.273 e. The third-order valence-electron chi connectivity index (χ3n) is 3.28. The van der Waals surface area contributed by atoms with Gasteiger partial charge in [0.2, 0.25) is 0 Å². The van der Waals surface area contributed by atoms with Crippen LogP contribution < -0.4 is 10.9 Å². The molecule has 0 amide bonds. The van der Waals surface area contributed by atoms with Crippen molar-refractivity contribution in [3.05, 3.63) is 78.0 Å². The maximum Gasteiger partial charge on any atom is 0.273 e. The monoisotopic (exact) mass is 398 g/mol. The summed E-state index contributed by atoms with van der Waals surface area (Å²) in [4.78, 5) is 22.4. The van der Waals surface area contributed by atoms with E-state index < -0.39 is 10.5 Å². The first-order valence-corrected chi connectivity index (χ1v) is 7.97. The van der Waals surface area contributed by atoms with E-state index in [4.69, 9.17) is 34.8 Å². The van der Waals surface area contributed by atoms with E-state index in [1.165, 1.54) is 47.1 Å². The fourth-order valence-electron chi connectivity index (χ4n) is 2.20. The molecule has 0 fully saturated rings. The molecular weight excluding hydrogens is 391 g/mol. The Balaban J connectivity index is 1.93. The Kier molecular flexibility index (Phi) is 4.71. The van der Waals surface area contributed by atoms with Crippen molar-refractivity contribution in [2.75, 3.05) is 5.32 Å². The molecule has 7 nitrogen and oxygen atoms in total. The second kappa shape index (κ2) is 6.79. The van der Waals surface area contributed by atoms with Crippen LogP contribution in [0.15, 0.2) is 47.3 Å². The van der Waals surface area contributed by atoms with Crippen LogP contribution >= 0.6 is 34.8 Å². The summed E-state index contributed by atoms with van der Waals surface area (Å²) in [5.74, 6) is 0.362. The van der Waals surface area contributed by atoms with Gasteiger partial charge in [0.25, 0.3) is 11.2 Å². The molecule has 0 spiro atoms. The molecule has 0 saturated carbocycles. The molecule has 0 aliphatic rings. The third kappa shape index (κ3) is 3.63. The molecular formula is C15H9Cl3N4O3. The Morgan fingerprint density at radius 1 is 1.04 bits per heavy atom. The molecule has 1 aromatic heterocycles.